The lowest BCUT2D eigenvalue weighted by atomic mass is 10.0. The van der Waals surface area contributed by atoms with Gasteiger partial charge in [0.15, 0.2) is 5.60 Å². The van der Waals surface area contributed by atoms with E-state index < -0.39 is 24.1 Å². The second-order valence-corrected chi connectivity index (χ2v) is 5.07. The van der Waals surface area contributed by atoms with Gasteiger partial charge >= 0.3 is 6.18 Å². The van der Waals surface area contributed by atoms with Gasteiger partial charge < -0.3 is 15.3 Å². The molecule has 1 aromatic heterocycles. The van der Waals surface area contributed by atoms with Gasteiger partial charge in [-0.25, -0.2) is 4.98 Å². The molecule has 0 saturated carbocycles. The molecule has 22 heavy (non-hydrogen) atoms. The lowest BCUT2D eigenvalue weighted by Crippen LogP contribution is -2.44. The summed E-state index contributed by atoms with van der Waals surface area (Å²) in [5.41, 5.74) is -2.79. The van der Waals surface area contributed by atoms with Crippen molar-refractivity contribution in [3.05, 3.63) is 18.3 Å². The number of pyridine rings is 1. The predicted molar refractivity (Wildman–Crippen MR) is 77.7 cm³/mol. The number of amides is 1. The Kier molecular flexibility index (Phi) is 5.76. The van der Waals surface area contributed by atoms with Crippen molar-refractivity contribution >= 4 is 17.4 Å². The Morgan fingerprint density at radius 2 is 1.91 bits per heavy atom. The lowest BCUT2D eigenvalue weighted by molar-refractivity contribution is -0.252. The van der Waals surface area contributed by atoms with E-state index in [2.05, 4.69) is 10.3 Å². The van der Waals surface area contributed by atoms with Gasteiger partial charge in [-0.05, 0) is 32.9 Å². The first-order chi connectivity index (χ1) is 10.1. The second-order valence-electron chi connectivity index (χ2n) is 5.07. The van der Waals surface area contributed by atoms with Crippen LogP contribution in [0.4, 0.5) is 24.7 Å². The van der Waals surface area contributed by atoms with Crippen molar-refractivity contribution in [2.75, 3.05) is 23.3 Å². The van der Waals surface area contributed by atoms with E-state index in [1.165, 1.54) is 6.20 Å². The van der Waals surface area contributed by atoms with E-state index in [0.29, 0.717) is 12.7 Å². The molecule has 1 unspecified atom stereocenters. The van der Waals surface area contributed by atoms with E-state index in [4.69, 9.17) is 0 Å². The molecule has 0 bridgehead atoms. The topological polar surface area (TPSA) is 65.5 Å². The average molecular weight is 319 g/mol. The Morgan fingerprint density at radius 1 is 1.32 bits per heavy atom. The minimum atomic E-state index is -4.87. The smallest absolute Gasteiger partial charge is 0.380 e. The van der Waals surface area contributed by atoms with Crippen LogP contribution in [0.2, 0.25) is 0 Å². The van der Waals surface area contributed by atoms with E-state index in [1.807, 2.05) is 18.7 Å². The van der Waals surface area contributed by atoms with Crippen LogP contribution in [0.25, 0.3) is 0 Å². The summed E-state index contributed by atoms with van der Waals surface area (Å²) in [6, 6.07) is 3.23. The van der Waals surface area contributed by atoms with E-state index in [9.17, 15) is 23.1 Å². The number of halogens is 3. The highest BCUT2D eigenvalue weighted by Gasteiger charge is 2.50. The molecule has 8 heteroatoms. The van der Waals surface area contributed by atoms with Crippen LogP contribution in [0, 0.1) is 0 Å². The van der Waals surface area contributed by atoms with Crippen molar-refractivity contribution in [2.24, 2.45) is 0 Å². The average Bonchev–Trinajstić information content (AvgIpc) is 2.40. The van der Waals surface area contributed by atoms with Crippen molar-refractivity contribution in [2.45, 2.75) is 39.0 Å². The van der Waals surface area contributed by atoms with E-state index in [-0.39, 0.29) is 5.69 Å². The number of hydrogen-bond donors (Lipinski definition) is 2. The van der Waals surface area contributed by atoms with E-state index >= 15 is 0 Å². The molecule has 1 aromatic rings. The summed E-state index contributed by atoms with van der Waals surface area (Å²) in [5, 5.41) is 11.6. The molecule has 124 valence electrons. The summed E-state index contributed by atoms with van der Waals surface area (Å²) in [4.78, 5) is 17.7. The van der Waals surface area contributed by atoms with Crippen molar-refractivity contribution in [1.82, 2.24) is 4.98 Å². The molecular weight excluding hydrogens is 299 g/mol. The summed E-state index contributed by atoms with van der Waals surface area (Å²) in [5.74, 6) is -0.218. The highest BCUT2D eigenvalue weighted by atomic mass is 19.4. The maximum Gasteiger partial charge on any atom is 0.417 e. The number of anilines is 2. The van der Waals surface area contributed by atoms with Gasteiger partial charge in [0.25, 0.3) is 0 Å². The highest BCUT2D eigenvalue weighted by molar-refractivity contribution is 5.91. The van der Waals surface area contributed by atoms with Gasteiger partial charge in [0, 0.05) is 13.1 Å². The maximum atomic E-state index is 12.5. The number of hydrogen-bond acceptors (Lipinski definition) is 4. The molecule has 5 nitrogen and oxygen atoms in total. The zero-order chi connectivity index (χ0) is 17.0. The Morgan fingerprint density at radius 3 is 2.32 bits per heavy atom. The van der Waals surface area contributed by atoms with Gasteiger partial charge in [0.1, 0.15) is 5.82 Å². The van der Waals surface area contributed by atoms with Gasteiger partial charge in [-0.3, -0.25) is 4.79 Å². The standard InChI is InChI=1S/C14H20F3N3O2/c1-4-20(5-2)11-7-6-10(9-18-11)19-12(21)8-13(3,22)14(15,16)17/h6-7,9,22H,4-5,8H2,1-3H3,(H,19,21). The Bertz CT molecular complexity index is 497. The van der Waals surface area contributed by atoms with Gasteiger partial charge in [-0.15, -0.1) is 0 Å². The molecule has 1 heterocycles. The molecule has 0 aliphatic heterocycles. The third kappa shape index (κ3) is 4.59. The molecule has 0 aliphatic carbocycles. The maximum absolute atomic E-state index is 12.5. The van der Waals surface area contributed by atoms with Crippen molar-refractivity contribution < 1.29 is 23.1 Å². The van der Waals surface area contributed by atoms with Gasteiger partial charge in [0.05, 0.1) is 18.3 Å². The molecule has 1 amide bonds. The Labute approximate surface area is 127 Å². The van der Waals surface area contributed by atoms with Crippen LogP contribution in [-0.2, 0) is 4.79 Å². The number of carbonyl (C=O) groups excluding carboxylic acids is 1. The number of rotatable bonds is 6. The first-order valence-electron chi connectivity index (χ1n) is 6.90. The minimum absolute atomic E-state index is 0.277. The Hall–Kier alpha value is -1.83. The third-order valence-corrected chi connectivity index (χ3v) is 3.23. The number of nitrogens with one attached hydrogen (secondary N) is 1. The van der Waals surface area contributed by atoms with Crippen molar-refractivity contribution in [1.29, 1.82) is 0 Å². The monoisotopic (exact) mass is 319 g/mol. The first-order valence-corrected chi connectivity index (χ1v) is 6.90. The zero-order valence-corrected chi connectivity index (χ0v) is 12.7. The second kappa shape index (κ2) is 6.95. The molecule has 0 saturated heterocycles. The summed E-state index contributed by atoms with van der Waals surface area (Å²) >= 11 is 0. The fourth-order valence-electron chi connectivity index (χ4n) is 1.81. The zero-order valence-electron chi connectivity index (χ0n) is 12.7. The normalized spacial score (nSPS) is 14.3. The van der Waals surface area contributed by atoms with Crippen molar-refractivity contribution in [3.63, 3.8) is 0 Å². The van der Waals surface area contributed by atoms with Crippen LogP contribution in [-0.4, -0.2) is 40.9 Å². The summed E-state index contributed by atoms with van der Waals surface area (Å²) in [6.45, 7) is 6.04. The van der Waals surface area contributed by atoms with Gasteiger partial charge in [-0.2, -0.15) is 13.2 Å². The number of aromatic nitrogens is 1. The predicted octanol–water partition coefficient (Wildman–Crippen LogP) is 2.57. The summed E-state index contributed by atoms with van der Waals surface area (Å²) in [7, 11) is 0. The van der Waals surface area contributed by atoms with Crippen LogP contribution < -0.4 is 10.2 Å². The summed E-state index contributed by atoms with van der Waals surface area (Å²) < 4.78 is 37.5. The van der Waals surface area contributed by atoms with Crippen LogP contribution in [0.1, 0.15) is 27.2 Å². The number of alkyl halides is 3. The lowest BCUT2D eigenvalue weighted by Gasteiger charge is -2.25. The molecular formula is C14H20F3N3O2. The molecule has 0 fully saturated rings. The molecule has 1 rings (SSSR count). The molecule has 2 N–H and O–H groups in total. The molecule has 0 radical (unpaired) electrons. The van der Waals surface area contributed by atoms with Gasteiger partial charge in [0.2, 0.25) is 5.91 Å². The number of aliphatic hydroxyl groups is 1. The molecule has 0 aliphatic rings. The molecule has 1 atom stereocenters. The van der Waals surface area contributed by atoms with Crippen LogP contribution >= 0.6 is 0 Å². The fourth-order valence-corrected chi connectivity index (χ4v) is 1.81. The number of carbonyl (C=O) groups is 1. The summed E-state index contributed by atoms with van der Waals surface area (Å²) in [6.07, 6.45) is -4.57. The SMILES string of the molecule is CCN(CC)c1ccc(NC(=O)CC(C)(O)C(F)(F)F)cn1. The largest absolute Gasteiger partial charge is 0.417 e. The number of nitrogens with zero attached hydrogens (tertiary/aromatic N) is 2. The third-order valence-electron chi connectivity index (χ3n) is 3.23. The van der Waals surface area contributed by atoms with Crippen LogP contribution in [0.5, 0.6) is 0 Å². The van der Waals surface area contributed by atoms with Crippen molar-refractivity contribution in [3.8, 4) is 0 Å². The fraction of sp³-hybridized carbons (Fsp3) is 0.571. The van der Waals surface area contributed by atoms with E-state index in [1.54, 1.807) is 12.1 Å². The Balaban J connectivity index is 2.70. The molecule has 0 spiro atoms. The van der Waals surface area contributed by atoms with Crippen LogP contribution in [0.3, 0.4) is 0 Å². The quantitative estimate of drug-likeness (QED) is 0.846. The first kappa shape index (κ1) is 18.2. The van der Waals surface area contributed by atoms with Crippen LogP contribution in [0.15, 0.2) is 18.3 Å². The van der Waals surface area contributed by atoms with E-state index in [0.717, 1.165) is 13.1 Å². The van der Waals surface area contributed by atoms with Gasteiger partial charge in [-0.1, -0.05) is 0 Å². The minimum Gasteiger partial charge on any atom is -0.380 e. The highest BCUT2D eigenvalue weighted by Crippen LogP contribution is 2.32. The molecule has 0 aromatic carbocycles.